The first-order chi connectivity index (χ1) is 9.84. The van der Waals surface area contributed by atoms with Crippen molar-refractivity contribution in [2.75, 3.05) is 26.7 Å². The molecule has 0 amide bonds. The van der Waals surface area contributed by atoms with Crippen LogP contribution in [0.3, 0.4) is 0 Å². The van der Waals surface area contributed by atoms with Gasteiger partial charge in [0.15, 0.2) is 0 Å². The third kappa shape index (κ3) is 3.67. The number of hydrogen-bond donors (Lipinski definition) is 1. The quantitative estimate of drug-likeness (QED) is 0.926. The van der Waals surface area contributed by atoms with Crippen LogP contribution in [0.15, 0.2) is 6.20 Å². The molecule has 4 heteroatoms. The topological polar surface area (TPSA) is 33.1 Å². The normalized spacial score (nSPS) is 24.5. The maximum atomic E-state index is 4.78. The Balaban J connectivity index is 2.35. The van der Waals surface area contributed by atoms with E-state index in [9.17, 15) is 0 Å². The van der Waals surface area contributed by atoms with Gasteiger partial charge >= 0.3 is 0 Å². The lowest BCUT2D eigenvalue weighted by atomic mass is 9.80. The molecule has 1 fully saturated rings. The van der Waals surface area contributed by atoms with E-state index in [1.807, 2.05) is 11.7 Å². The van der Waals surface area contributed by atoms with Crippen molar-refractivity contribution in [2.24, 2.45) is 13.0 Å². The van der Waals surface area contributed by atoms with Crippen molar-refractivity contribution in [3.05, 3.63) is 17.5 Å². The predicted octanol–water partition coefficient (Wildman–Crippen LogP) is 2.71. The van der Waals surface area contributed by atoms with Crippen LogP contribution < -0.4 is 5.32 Å². The Labute approximate surface area is 129 Å². The molecule has 0 bridgehead atoms. The fourth-order valence-corrected chi connectivity index (χ4v) is 3.60. The van der Waals surface area contributed by atoms with Crippen LogP contribution in [0.2, 0.25) is 0 Å². The summed E-state index contributed by atoms with van der Waals surface area (Å²) in [7, 11) is 4.31. The molecule has 0 spiro atoms. The molecule has 2 rings (SSSR count). The van der Waals surface area contributed by atoms with Crippen molar-refractivity contribution in [3.8, 4) is 0 Å². The molecule has 0 aliphatic carbocycles. The van der Waals surface area contributed by atoms with Crippen LogP contribution in [0.1, 0.15) is 57.8 Å². The van der Waals surface area contributed by atoms with Crippen molar-refractivity contribution in [1.29, 1.82) is 0 Å². The van der Waals surface area contributed by atoms with Gasteiger partial charge in [0.05, 0.1) is 5.69 Å². The van der Waals surface area contributed by atoms with Gasteiger partial charge in [-0.3, -0.25) is 9.58 Å². The minimum absolute atomic E-state index is 0.0949. The zero-order valence-corrected chi connectivity index (χ0v) is 14.6. The van der Waals surface area contributed by atoms with Crippen LogP contribution in [0.25, 0.3) is 0 Å². The zero-order chi connectivity index (χ0) is 15.6. The maximum Gasteiger partial charge on any atom is 0.0725 e. The Morgan fingerprint density at radius 3 is 2.67 bits per heavy atom. The summed E-state index contributed by atoms with van der Waals surface area (Å²) in [5.74, 6) is 0.675. The van der Waals surface area contributed by atoms with Gasteiger partial charge < -0.3 is 5.32 Å². The summed E-state index contributed by atoms with van der Waals surface area (Å²) in [5, 5.41) is 8.33. The summed E-state index contributed by atoms with van der Waals surface area (Å²) in [6.45, 7) is 12.3. The van der Waals surface area contributed by atoms with Crippen LogP contribution in [0.4, 0.5) is 0 Å². The molecular formula is C17H32N4. The van der Waals surface area contributed by atoms with E-state index >= 15 is 0 Å². The van der Waals surface area contributed by atoms with Gasteiger partial charge in [-0.05, 0) is 45.4 Å². The minimum Gasteiger partial charge on any atom is -0.317 e. The fourth-order valence-electron chi connectivity index (χ4n) is 3.60. The summed E-state index contributed by atoms with van der Waals surface area (Å²) in [6, 6.07) is 0.487. The molecule has 1 aliphatic heterocycles. The highest BCUT2D eigenvalue weighted by atomic mass is 15.3. The van der Waals surface area contributed by atoms with Gasteiger partial charge in [0.25, 0.3) is 0 Å². The first-order valence-electron chi connectivity index (χ1n) is 8.29. The monoisotopic (exact) mass is 292 g/mol. The third-order valence-corrected chi connectivity index (χ3v) is 4.55. The second kappa shape index (κ2) is 6.49. The number of hydrogen-bond acceptors (Lipinski definition) is 3. The molecule has 21 heavy (non-hydrogen) atoms. The average molecular weight is 292 g/mol. The summed E-state index contributed by atoms with van der Waals surface area (Å²) in [6.07, 6.45) is 4.85. The smallest absolute Gasteiger partial charge is 0.0725 e. The number of aromatic nitrogens is 2. The summed E-state index contributed by atoms with van der Waals surface area (Å²) in [4.78, 5) is 2.53. The molecule has 2 atom stereocenters. The minimum atomic E-state index is 0.0949. The number of piperidine rings is 1. The first-order valence-corrected chi connectivity index (χ1v) is 8.29. The number of rotatable bonds is 4. The average Bonchev–Trinajstić information content (AvgIpc) is 2.78. The lowest BCUT2D eigenvalue weighted by molar-refractivity contribution is 0.118. The van der Waals surface area contributed by atoms with Crippen molar-refractivity contribution < 1.29 is 0 Å². The second-order valence-electron chi connectivity index (χ2n) is 7.49. The van der Waals surface area contributed by atoms with E-state index in [0.29, 0.717) is 12.0 Å². The molecule has 1 aromatic heterocycles. The second-order valence-corrected chi connectivity index (χ2v) is 7.49. The molecule has 1 aliphatic rings. The molecule has 0 radical (unpaired) electrons. The molecule has 1 saturated heterocycles. The molecule has 120 valence electrons. The van der Waals surface area contributed by atoms with Gasteiger partial charge in [-0.15, -0.1) is 0 Å². The predicted molar refractivity (Wildman–Crippen MR) is 88.5 cm³/mol. The molecule has 0 saturated carbocycles. The summed E-state index contributed by atoms with van der Waals surface area (Å²) < 4.78 is 1.99. The Morgan fingerprint density at radius 2 is 2.05 bits per heavy atom. The van der Waals surface area contributed by atoms with E-state index in [4.69, 9.17) is 5.10 Å². The third-order valence-electron chi connectivity index (χ3n) is 4.55. The highest BCUT2D eigenvalue weighted by Gasteiger charge is 2.35. The Hall–Kier alpha value is -0.870. The Kier molecular flexibility index (Phi) is 5.10. The van der Waals surface area contributed by atoms with Crippen molar-refractivity contribution in [2.45, 2.75) is 52.0 Å². The van der Waals surface area contributed by atoms with Crippen LogP contribution in [-0.4, -0.2) is 41.4 Å². The first kappa shape index (κ1) is 16.5. The summed E-state index contributed by atoms with van der Waals surface area (Å²) >= 11 is 0. The maximum absolute atomic E-state index is 4.78. The van der Waals surface area contributed by atoms with Gasteiger partial charge in [-0.2, -0.15) is 5.10 Å². The van der Waals surface area contributed by atoms with E-state index in [1.54, 1.807) is 0 Å². The van der Waals surface area contributed by atoms with E-state index < -0.39 is 0 Å². The van der Waals surface area contributed by atoms with Crippen LogP contribution in [-0.2, 0) is 12.5 Å². The Morgan fingerprint density at radius 1 is 1.33 bits per heavy atom. The molecule has 2 heterocycles. The lowest BCUT2D eigenvalue weighted by Gasteiger charge is -2.40. The van der Waals surface area contributed by atoms with Gasteiger partial charge in [-0.25, -0.2) is 0 Å². The number of nitrogens with one attached hydrogen (secondary N) is 1. The highest BCUT2D eigenvalue weighted by Crippen LogP contribution is 2.39. The molecule has 1 aromatic rings. The lowest BCUT2D eigenvalue weighted by Crippen LogP contribution is -2.41. The summed E-state index contributed by atoms with van der Waals surface area (Å²) in [5.41, 5.74) is 2.78. The molecule has 4 nitrogen and oxygen atoms in total. The SMILES string of the molecule is CCNCC1CCCN(C)C1c1cn(C)nc1C(C)(C)C. The van der Waals surface area contributed by atoms with Gasteiger partial charge in [0.2, 0.25) is 0 Å². The van der Waals surface area contributed by atoms with Gasteiger partial charge in [0, 0.05) is 30.3 Å². The van der Waals surface area contributed by atoms with Crippen molar-refractivity contribution in [3.63, 3.8) is 0 Å². The van der Waals surface area contributed by atoms with E-state index in [0.717, 1.165) is 13.1 Å². The van der Waals surface area contributed by atoms with Crippen LogP contribution in [0, 0.1) is 5.92 Å². The highest BCUT2D eigenvalue weighted by molar-refractivity contribution is 5.28. The molecule has 1 N–H and O–H groups in total. The molecule has 2 unspecified atom stereocenters. The standard InChI is InChI=1S/C17H32N4/c1-7-18-11-13-9-8-10-20(5)15(13)14-12-21(6)19-16(14)17(2,3)4/h12-13,15,18H,7-11H2,1-6H3. The van der Waals surface area contributed by atoms with Crippen molar-refractivity contribution in [1.82, 2.24) is 20.0 Å². The van der Waals surface area contributed by atoms with Gasteiger partial charge in [-0.1, -0.05) is 27.7 Å². The largest absolute Gasteiger partial charge is 0.317 e. The van der Waals surface area contributed by atoms with Crippen LogP contribution in [0.5, 0.6) is 0 Å². The van der Waals surface area contributed by atoms with E-state index in [-0.39, 0.29) is 5.41 Å². The molecular weight excluding hydrogens is 260 g/mol. The number of likely N-dealkylation sites (tertiary alicyclic amines) is 1. The number of nitrogens with zero attached hydrogens (tertiary/aromatic N) is 3. The molecule has 0 aromatic carbocycles. The number of aryl methyl sites for hydroxylation is 1. The van der Waals surface area contributed by atoms with E-state index in [2.05, 4.69) is 51.2 Å². The fraction of sp³-hybridized carbons (Fsp3) is 0.824. The van der Waals surface area contributed by atoms with Crippen LogP contribution >= 0.6 is 0 Å². The van der Waals surface area contributed by atoms with Crippen molar-refractivity contribution >= 4 is 0 Å². The van der Waals surface area contributed by atoms with Gasteiger partial charge in [0.1, 0.15) is 0 Å². The zero-order valence-electron chi connectivity index (χ0n) is 14.6. The Bertz CT molecular complexity index is 458. The van der Waals surface area contributed by atoms with E-state index in [1.165, 1.54) is 30.6 Å².